The van der Waals surface area contributed by atoms with E-state index in [1.165, 1.54) is 32.3 Å². The van der Waals surface area contributed by atoms with Crippen LogP contribution in [-0.4, -0.2) is 146 Å². The predicted molar refractivity (Wildman–Crippen MR) is 282 cm³/mol. The zero-order valence-corrected chi connectivity index (χ0v) is 46.8. The van der Waals surface area contributed by atoms with E-state index >= 15 is 0 Å². The van der Waals surface area contributed by atoms with Crippen LogP contribution in [0.5, 0.6) is 0 Å². The van der Waals surface area contributed by atoms with Gasteiger partial charge in [0, 0.05) is 94.9 Å². The third-order valence-corrected chi connectivity index (χ3v) is 16.9. The molecule has 5 fully saturated rings. The van der Waals surface area contributed by atoms with Crippen molar-refractivity contribution in [2.24, 2.45) is 29.6 Å². The topological polar surface area (TPSA) is 272 Å². The predicted octanol–water partition coefficient (Wildman–Crippen LogP) is 6.79. The molecule has 0 spiro atoms. The van der Waals surface area contributed by atoms with Gasteiger partial charge in [-0.15, -0.1) is 0 Å². The smallest absolute Gasteiger partial charge is 0.378 e. The van der Waals surface area contributed by atoms with Crippen LogP contribution in [0.4, 0.5) is 49.7 Å². The van der Waals surface area contributed by atoms with Gasteiger partial charge in [-0.25, -0.2) is 46.2 Å². The van der Waals surface area contributed by atoms with Crippen LogP contribution in [-0.2, 0) is 33.7 Å². The molecule has 5 atom stereocenters. The summed E-state index contributed by atoms with van der Waals surface area (Å²) in [5.41, 5.74) is 1.22. The van der Waals surface area contributed by atoms with Crippen molar-refractivity contribution in [1.29, 1.82) is 0 Å². The number of rotatable bonds is 15. The molecule has 87 heavy (non-hydrogen) atoms. The van der Waals surface area contributed by atoms with Crippen molar-refractivity contribution in [3.8, 4) is 0 Å². The number of nitrogens with zero attached hydrogens (tertiary/aromatic N) is 13. The number of aryl methyl sites for hydroxylation is 1. The molecule has 23 nitrogen and oxygen atoms in total. The Morgan fingerprint density at radius 3 is 2.03 bits per heavy atom. The van der Waals surface area contributed by atoms with Gasteiger partial charge in [0.1, 0.15) is 17.1 Å². The van der Waals surface area contributed by atoms with E-state index in [0.717, 1.165) is 18.9 Å². The molecule has 6 aromatic heterocycles. The second kappa shape index (κ2) is 24.4. The van der Waals surface area contributed by atoms with Crippen LogP contribution in [0.2, 0.25) is 0 Å². The van der Waals surface area contributed by atoms with Gasteiger partial charge in [-0.3, -0.25) is 23.9 Å². The first-order valence-corrected chi connectivity index (χ1v) is 28.8. The van der Waals surface area contributed by atoms with Crippen LogP contribution < -0.4 is 26.2 Å². The number of amides is 4. The quantitative estimate of drug-likeness (QED) is 0.0609. The van der Waals surface area contributed by atoms with Crippen molar-refractivity contribution in [2.75, 3.05) is 44.3 Å². The number of aromatic nitrogens is 12. The van der Waals surface area contributed by atoms with E-state index in [4.69, 9.17) is 14.3 Å². The van der Waals surface area contributed by atoms with Crippen molar-refractivity contribution in [1.82, 2.24) is 80.5 Å². The summed E-state index contributed by atoms with van der Waals surface area (Å²) in [4.78, 5) is 71.5. The number of anilines is 1. The average molecular weight is 1230 g/mol. The van der Waals surface area contributed by atoms with E-state index < -0.39 is 96.3 Å². The highest BCUT2D eigenvalue weighted by Gasteiger charge is 2.46. The van der Waals surface area contributed by atoms with Gasteiger partial charge in [0.2, 0.25) is 23.7 Å². The molecule has 9 heterocycles. The highest BCUT2D eigenvalue weighted by atomic mass is 19.4. The van der Waals surface area contributed by atoms with Crippen molar-refractivity contribution in [3.63, 3.8) is 0 Å². The van der Waals surface area contributed by atoms with Gasteiger partial charge in [-0.05, 0) is 74.9 Å². The molecule has 3 aliphatic carbocycles. The molecule has 4 amide bonds. The van der Waals surface area contributed by atoms with Gasteiger partial charge in [0.15, 0.2) is 11.5 Å². The second-order valence-electron chi connectivity index (χ2n) is 23.0. The van der Waals surface area contributed by atoms with E-state index in [1.54, 1.807) is 12.3 Å². The van der Waals surface area contributed by atoms with Gasteiger partial charge in [-0.1, -0.05) is 11.2 Å². The van der Waals surface area contributed by atoms with E-state index in [-0.39, 0.29) is 117 Å². The number of fused-ring (bicyclic) bond motifs is 2. The van der Waals surface area contributed by atoms with Crippen molar-refractivity contribution in [3.05, 3.63) is 82.4 Å². The second-order valence-corrected chi connectivity index (χ2v) is 23.0. The average Bonchev–Trinajstić information content (AvgIpc) is 1.96. The zero-order valence-electron chi connectivity index (χ0n) is 46.8. The Morgan fingerprint density at radius 1 is 0.782 bits per heavy atom. The lowest BCUT2D eigenvalue weighted by Gasteiger charge is -2.33. The number of morpholine rings is 1. The van der Waals surface area contributed by atoms with Crippen LogP contribution in [0.25, 0.3) is 11.6 Å². The van der Waals surface area contributed by atoms with Gasteiger partial charge in [-0.2, -0.15) is 46.6 Å². The summed E-state index contributed by atoms with van der Waals surface area (Å²) in [5, 5.41) is 31.3. The molecule has 6 aromatic rings. The summed E-state index contributed by atoms with van der Waals surface area (Å²) in [5.74, 6) is -11.3. The molecule has 0 bridgehead atoms. The molecule has 3 saturated carbocycles. The maximum absolute atomic E-state index is 14.1. The number of piperidine rings is 1. The number of hydrogen-bond donors (Lipinski definition) is 4. The third kappa shape index (κ3) is 14.0. The minimum Gasteiger partial charge on any atom is -0.378 e. The first kappa shape index (κ1) is 60.8. The largest absolute Gasteiger partial charge is 0.414 e. The number of carbonyl (C=O) groups excluding carboxylic acids is 4. The summed E-state index contributed by atoms with van der Waals surface area (Å²) < 4.78 is 151. The number of alkyl halides is 10. The van der Waals surface area contributed by atoms with Crippen LogP contribution in [0.1, 0.15) is 145 Å². The Labute approximate surface area is 488 Å². The van der Waals surface area contributed by atoms with Crippen LogP contribution in [0, 0.1) is 29.6 Å². The van der Waals surface area contributed by atoms with Gasteiger partial charge in [0.25, 0.3) is 23.4 Å². The normalized spacial score (nSPS) is 22.9. The lowest BCUT2D eigenvalue weighted by molar-refractivity contribution is -0.183. The zero-order chi connectivity index (χ0) is 61.6. The summed E-state index contributed by atoms with van der Waals surface area (Å²) in [6.45, 7) is 2.88. The van der Waals surface area contributed by atoms with Crippen LogP contribution in [0.15, 0.2) is 47.1 Å². The molecule has 5 unspecified atom stereocenters. The number of imidazole rings is 2. The third-order valence-electron chi connectivity index (χ3n) is 16.9. The van der Waals surface area contributed by atoms with E-state index in [2.05, 4.69) is 61.8 Å². The first-order valence-electron chi connectivity index (χ1n) is 28.8. The molecule has 0 radical (unpaired) electrons. The van der Waals surface area contributed by atoms with Crippen molar-refractivity contribution < 1.29 is 72.4 Å². The molecule has 12 rings (SSSR count). The summed E-state index contributed by atoms with van der Waals surface area (Å²) in [6.07, 6.45) is -1.80. The highest BCUT2D eigenvalue weighted by Crippen LogP contribution is 2.44. The minimum absolute atomic E-state index is 0.0452. The van der Waals surface area contributed by atoms with Gasteiger partial charge >= 0.3 is 12.4 Å². The number of ether oxygens (including phenoxy) is 1. The molecule has 4 N–H and O–H groups in total. The lowest BCUT2D eigenvalue weighted by Crippen LogP contribution is -2.47. The van der Waals surface area contributed by atoms with E-state index in [9.17, 15) is 63.1 Å². The Morgan fingerprint density at radius 2 is 1.41 bits per heavy atom. The highest BCUT2D eigenvalue weighted by molar-refractivity contribution is 5.94. The standard InChI is InChI=1S/C29H34F5N9O3.C25H27F5N8O3/c1-2-42-22(5-8-36-42)26(45)38-23(17-3-6-28(30,31)7-4-17)21-16-43-27(37-21)39-24(41-9-11-46-12-10-41)20(40-43)14-18-13-19(29(32,33)34)15-35-25(18)44;26-24(27)5-3-13(4-6-24)18(34-22(40)20-19(12-1-2-12)36-41-37-20)17-11-38-23(33-17)32-10-16(35-38)8-14-7-15(25(28,29)30)9-31-21(14)39/h5,8,13,16-18,23H,2-4,6-7,9-12,14-15H2,1H3,(H,35,44)(H,38,45);10-15,18H,1-9H2,(H,31,39)(H,34,40). The Balaban J connectivity index is 0.000000181. The molecule has 33 heteroatoms. The number of carbonyl (C=O) groups is 4. The van der Waals surface area contributed by atoms with E-state index in [0.29, 0.717) is 61.4 Å². The Hall–Kier alpha value is -7.87. The van der Waals surface area contributed by atoms with Crippen molar-refractivity contribution >= 4 is 41.0 Å². The lowest BCUT2D eigenvalue weighted by atomic mass is 9.81. The molecule has 6 aliphatic rings. The molecular formula is C54H61F10N17O6. The number of halogens is 10. The summed E-state index contributed by atoms with van der Waals surface area (Å²) >= 11 is 0. The van der Waals surface area contributed by atoms with Crippen LogP contribution >= 0.6 is 0 Å². The van der Waals surface area contributed by atoms with Gasteiger partial charge in [0.05, 0.1) is 72.8 Å². The summed E-state index contributed by atoms with van der Waals surface area (Å²) in [7, 11) is 0. The minimum atomic E-state index is -4.59. The Bertz CT molecular complexity index is 3520. The molecular weight excluding hydrogens is 1170 g/mol. The first-order chi connectivity index (χ1) is 41.4. The van der Waals surface area contributed by atoms with Crippen LogP contribution in [0.3, 0.4) is 0 Å². The maximum atomic E-state index is 14.1. The SMILES string of the molecule is CCn1nccc1C(=O)NC(c1cn2nc(CC3C=C(C(F)(F)F)CNC3=O)c(N3CCOCC3)nc2n1)C1CCC(F)(F)CC1.O=C(NC(c1cn2nc(CC3CC(C(F)(F)F)CNC3=O)cnc2n1)C1CCC(F)(F)CC1)c1nonc1C1CC1. The maximum Gasteiger partial charge on any atom is 0.414 e. The molecule has 2 saturated heterocycles. The van der Waals surface area contributed by atoms with E-state index in [1.807, 2.05) is 11.8 Å². The summed E-state index contributed by atoms with van der Waals surface area (Å²) in [6, 6.07) is 0.0357. The fraction of sp³-hybridized carbons (Fsp3) is 0.611. The van der Waals surface area contributed by atoms with Crippen molar-refractivity contribution in [2.45, 2.75) is 139 Å². The fourth-order valence-electron chi connectivity index (χ4n) is 11.9. The molecule has 468 valence electrons. The number of nitrogens with one attached hydrogen (secondary N) is 4. The fourth-order valence-corrected chi connectivity index (χ4v) is 11.9. The monoisotopic (exact) mass is 1230 g/mol. The van der Waals surface area contributed by atoms with Gasteiger partial charge < -0.3 is 30.9 Å². The molecule has 3 aliphatic heterocycles. The Kier molecular flexibility index (Phi) is 17.0. The molecule has 0 aromatic carbocycles. The number of hydrogen-bond acceptors (Lipinski definition) is 16.